The van der Waals surface area contributed by atoms with Crippen molar-refractivity contribution < 1.29 is 14.2 Å². The Kier molecular flexibility index (Phi) is 2.51. The van der Waals surface area contributed by atoms with E-state index in [1.165, 1.54) is 19.4 Å². The molecule has 4 heteroatoms. The number of hydrogen-bond donors (Lipinski definition) is 1. The van der Waals surface area contributed by atoms with Gasteiger partial charge in [0.15, 0.2) is 6.29 Å². The van der Waals surface area contributed by atoms with Gasteiger partial charge in [0.1, 0.15) is 0 Å². The number of rotatable bonds is 2. The fraction of sp³-hybridized carbons (Fsp3) is 0.286. The molecule has 0 radical (unpaired) electrons. The highest BCUT2D eigenvalue weighted by atomic mass is 19.1. The van der Waals surface area contributed by atoms with Gasteiger partial charge in [0.2, 0.25) is 5.95 Å². The van der Waals surface area contributed by atoms with Gasteiger partial charge in [-0.05, 0) is 12.1 Å². The molecule has 0 aliphatic heterocycles. The lowest BCUT2D eigenvalue weighted by Gasteiger charge is -2.06. The van der Waals surface area contributed by atoms with E-state index in [1.807, 2.05) is 0 Å². The maximum absolute atomic E-state index is 12.2. The molecule has 0 fully saturated rings. The van der Waals surface area contributed by atoms with Crippen LogP contribution in [-0.2, 0) is 4.74 Å². The van der Waals surface area contributed by atoms with Crippen LogP contribution in [0.15, 0.2) is 18.3 Å². The Labute approximate surface area is 63.5 Å². The molecule has 0 aliphatic carbocycles. The minimum absolute atomic E-state index is 0.439. The fourth-order valence-electron chi connectivity index (χ4n) is 0.669. The van der Waals surface area contributed by atoms with E-state index in [1.54, 1.807) is 0 Å². The molecule has 11 heavy (non-hydrogen) atoms. The van der Waals surface area contributed by atoms with Gasteiger partial charge in [0.05, 0.1) is 0 Å². The summed E-state index contributed by atoms with van der Waals surface area (Å²) in [4.78, 5) is 3.34. The number of halogens is 1. The van der Waals surface area contributed by atoms with Crippen molar-refractivity contribution in [3.8, 4) is 0 Å². The second-order valence-corrected chi connectivity index (χ2v) is 2.00. The van der Waals surface area contributed by atoms with Gasteiger partial charge < -0.3 is 9.84 Å². The van der Waals surface area contributed by atoms with Gasteiger partial charge in [-0.25, -0.2) is 4.98 Å². The fourth-order valence-corrected chi connectivity index (χ4v) is 0.669. The van der Waals surface area contributed by atoms with Crippen LogP contribution in [0.1, 0.15) is 11.9 Å². The van der Waals surface area contributed by atoms with Crippen LogP contribution in [0.2, 0.25) is 0 Å². The monoisotopic (exact) mass is 157 g/mol. The Bertz CT molecular complexity index is 224. The number of pyridine rings is 1. The van der Waals surface area contributed by atoms with Crippen molar-refractivity contribution in [1.29, 1.82) is 0 Å². The van der Waals surface area contributed by atoms with E-state index in [2.05, 4.69) is 9.72 Å². The van der Waals surface area contributed by atoms with E-state index < -0.39 is 12.2 Å². The number of methoxy groups -OCH3 is 1. The second kappa shape index (κ2) is 3.41. The first-order valence-electron chi connectivity index (χ1n) is 3.06. The zero-order valence-electron chi connectivity index (χ0n) is 5.99. The van der Waals surface area contributed by atoms with Crippen molar-refractivity contribution in [2.75, 3.05) is 7.11 Å². The first kappa shape index (κ1) is 8.10. The SMILES string of the molecule is COC(O)c1ccc(F)nc1. The molecule has 1 aromatic heterocycles. The molecule has 0 bridgehead atoms. The van der Waals surface area contributed by atoms with Crippen LogP contribution in [0.25, 0.3) is 0 Å². The number of ether oxygens (including phenoxy) is 1. The minimum Gasteiger partial charge on any atom is -0.364 e. The standard InChI is InChI=1S/C7H8FNO2/c1-11-7(10)5-2-3-6(8)9-4-5/h2-4,7,10H,1H3. The summed E-state index contributed by atoms with van der Waals surface area (Å²) < 4.78 is 16.8. The third-order valence-corrected chi connectivity index (χ3v) is 1.26. The highest BCUT2D eigenvalue weighted by molar-refractivity contribution is 5.10. The lowest BCUT2D eigenvalue weighted by molar-refractivity contribution is -0.0772. The van der Waals surface area contributed by atoms with Gasteiger partial charge in [-0.2, -0.15) is 4.39 Å². The molecule has 60 valence electrons. The molecule has 0 saturated heterocycles. The summed E-state index contributed by atoms with van der Waals surface area (Å²) in [6, 6.07) is 2.58. The van der Waals surface area contributed by atoms with Crippen LogP contribution < -0.4 is 0 Å². The molecule has 0 aliphatic rings. The van der Waals surface area contributed by atoms with Crippen LogP contribution in [0.5, 0.6) is 0 Å². The summed E-state index contributed by atoms with van der Waals surface area (Å²) in [6.45, 7) is 0. The lowest BCUT2D eigenvalue weighted by atomic mass is 10.3. The summed E-state index contributed by atoms with van der Waals surface area (Å²) in [6.07, 6.45) is 0.201. The Balaban J connectivity index is 2.81. The zero-order chi connectivity index (χ0) is 8.27. The molecule has 3 nitrogen and oxygen atoms in total. The molecule has 1 rings (SSSR count). The Morgan fingerprint density at radius 3 is 2.82 bits per heavy atom. The van der Waals surface area contributed by atoms with E-state index in [9.17, 15) is 4.39 Å². The highest BCUT2D eigenvalue weighted by Gasteiger charge is 2.04. The molecule has 1 N–H and O–H groups in total. The van der Waals surface area contributed by atoms with Crippen LogP contribution in [0.4, 0.5) is 4.39 Å². The molecule has 1 unspecified atom stereocenters. The van der Waals surface area contributed by atoms with Gasteiger partial charge in [0, 0.05) is 18.9 Å². The molecule has 0 aromatic carbocycles. The Morgan fingerprint density at radius 2 is 2.36 bits per heavy atom. The predicted octanol–water partition coefficient (Wildman–Crippen LogP) is 0.858. The van der Waals surface area contributed by atoms with Crippen LogP contribution in [0.3, 0.4) is 0 Å². The summed E-state index contributed by atoms with van der Waals surface area (Å²) in [5.74, 6) is -0.572. The molecular formula is C7H8FNO2. The summed E-state index contributed by atoms with van der Waals surface area (Å²) >= 11 is 0. The number of nitrogens with zero attached hydrogens (tertiary/aromatic N) is 1. The summed E-state index contributed by atoms with van der Waals surface area (Å²) in [7, 11) is 1.36. The topological polar surface area (TPSA) is 42.4 Å². The Morgan fingerprint density at radius 1 is 1.64 bits per heavy atom. The van der Waals surface area contributed by atoms with Gasteiger partial charge in [-0.15, -0.1) is 0 Å². The van der Waals surface area contributed by atoms with Crippen molar-refractivity contribution in [2.45, 2.75) is 6.29 Å². The number of aromatic nitrogens is 1. The average molecular weight is 157 g/mol. The third-order valence-electron chi connectivity index (χ3n) is 1.26. The molecule has 0 amide bonds. The molecule has 0 spiro atoms. The van der Waals surface area contributed by atoms with Crippen molar-refractivity contribution in [3.05, 3.63) is 29.8 Å². The van der Waals surface area contributed by atoms with Crippen molar-refractivity contribution >= 4 is 0 Å². The van der Waals surface area contributed by atoms with E-state index in [0.29, 0.717) is 5.56 Å². The average Bonchev–Trinajstić information content (AvgIpc) is 2.05. The molecule has 1 atom stereocenters. The number of hydrogen-bond acceptors (Lipinski definition) is 3. The maximum atomic E-state index is 12.2. The predicted molar refractivity (Wildman–Crippen MR) is 36.2 cm³/mol. The number of aliphatic hydroxyl groups excluding tert-OH is 1. The van der Waals surface area contributed by atoms with Gasteiger partial charge >= 0.3 is 0 Å². The largest absolute Gasteiger partial charge is 0.364 e. The second-order valence-electron chi connectivity index (χ2n) is 2.00. The maximum Gasteiger partial charge on any atom is 0.212 e. The van der Waals surface area contributed by atoms with Crippen LogP contribution in [-0.4, -0.2) is 17.2 Å². The molecule has 0 saturated carbocycles. The van der Waals surface area contributed by atoms with E-state index >= 15 is 0 Å². The summed E-state index contributed by atoms with van der Waals surface area (Å²) in [5, 5.41) is 9.04. The minimum atomic E-state index is -1.02. The summed E-state index contributed by atoms with van der Waals surface area (Å²) in [5.41, 5.74) is 0.439. The number of aliphatic hydroxyl groups is 1. The lowest BCUT2D eigenvalue weighted by Crippen LogP contribution is -2.00. The Hall–Kier alpha value is -1.00. The molecule has 1 heterocycles. The van der Waals surface area contributed by atoms with E-state index in [4.69, 9.17) is 5.11 Å². The third kappa shape index (κ3) is 1.96. The van der Waals surface area contributed by atoms with Crippen molar-refractivity contribution in [3.63, 3.8) is 0 Å². The van der Waals surface area contributed by atoms with E-state index in [0.717, 1.165) is 6.07 Å². The zero-order valence-corrected chi connectivity index (χ0v) is 5.99. The van der Waals surface area contributed by atoms with Gasteiger partial charge in [-0.3, -0.25) is 0 Å². The first-order chi connectivity index (χ1) is 5.24. The van der Waals surface area contributed by atoms with Gasteiger partial charge in [-0.1, -0.05) is 0 Å². The van der Waals surface area contributed by atoms with Gasteiger partial charge in [0.25, 0.3) is 0 Å². The smallest absolute Gasteiger partial charge is 0.212 e. The van der Waals surface area contributed by atoms with Crippen molar-refractivity contribution in [1.82, 2.24) is 4.98 Å². The normalized spacial score (nSPS) is 13.0. The van der Waals surface area contributed by atoms with Crippen molar-refractivity contribution in [2.24, 2.45) is 0 Å². The van der Waals surface area contributed by atoms with E-state index in [-0.39, 0.29) is 0 Å². The highest BCUT2D eigenvalue weighted by Crippen LogP contribution is 2.10. The molecule has 1 aromatic rings. The van der Waals surface area contributed by atoms with Crippen LogP contribution in [0, 0.1) is 5.95 Å². The molecular weight excluding hydrogens is 149 g/mol. The van der Waals surface area contributed by atoms with Crippen LogP contribution >= 0.6 is 0 Å². The quantitative estimate of drug-likeness (QED) is 0.511. The first-order valence-corrected chi connectivity index (χ1v) is 3.06.